The second kappa shape index (κ2) is 58.9. The lowest BCUT2D eigenvalue weighted by molar-refractivity contribution is -0.167. The van der Waals surface area contributed by atoms with E-state index in [-0.39, 0.29) is 31.1 Å². The maximum atomic E-state index is 12.9. The van der Waals surface area contributed by atoms with E-state index in [1.54, 1.807) is 0 Å². The number of rotatable bonds is 56. The molecule has 0 rings (SSSR count). The average molecular weight is 982 g/mol. The fourth-order valence-electron chi connectivity index (χ4n) is 8.88. The summed E-state index contributed by atoms with van der Waals surface area (Å²) in [4.78, 5) is 38.2. The smallest absolute Gasteiger partial charge is 0.306 e. The van der Waals surface area contributed by atoms with Crippen LogP contribution >= 0.6 is 0 Å². The summed E-state index contributed by atoms with van der Waals surface area (Å²) in [5.74, 6) is -0.877. The molecule has 1 atom stereocenters. The van der Waals surface area contributed by atoms with E-state index >= 15 is 0 Å². The van der Waals surface area contributed by atoms with Crippen molar-refractivity contribution in [1.29, 1.82) is 0 Å². The molecule has 0 bridgehead atoms. The number of hydrogen-bond acceptors (Lipinski definition) is 6. The summed E-state index contributed by atoms with van der Waals surface area (Å²) < 4.78 is 16.9. The van der Waals surface area contributed by atoms with Gasteiger partial charge in [0.2, 0.25) is 0 Å². The first kappa shape index (κ1) is 67.4. The SMILES string of the molecule is CCCCC/C=C\CCCCCCCC(=O)OCC(COC(=O)CCCCCCCCCCC/C=C\C/C=C\CCCCCCC)OC(=O)CCCCCCCCCCC/C=C\CCCCCCCC. The fraction of sp³-hybridized carbons (Fsp3) is 0.828. The van der Waals surface area contributed by atoms with Crippen LogP contribution in [0.1, 0.15) is 323 Å². The van der Waals surface area contributed by atoms with Gasteiger partial charge in [-0.1, -0.05) is 249 Å². The van der Waals surface area contributed by atoms with Crippen LogP contribution in [0.15, 0.2) is 48.6 Å². The van der Waals surface area contributed by atoms with Crippen LogP contribution < -0.4 is 0 Å². The van der Waals surface area contributed by atoms with Gasteiger partial charge in [0.05, 0.1) is 0 Å². The Balaban J connectivity index is 4.31. The highest BCUT2D eigenvalue weighted by atomic mass is 16.6. The molecule has 0 aromatic rings. The quantitative estimate of drug-likeness (QED) is 0.0261. The monoisotopic (exact) mass is 981 g/mol. The van der Waals surface area contributed by atoms with Crippen molar-refractivity contribution in [2.75, 3.05) is 13.2 Å². The van der Waals surface area contributed by atoms with E-state index in [4.69, 9.17) is 14.2 Å². The molecule has 0 aliphatic carbocycles. The van der Waals surface area contributed by atoms with Crippen LogP contribution in [0.25, 0.3) is 0 Å². The van der Waals surface area contributed by atoms with E-state index in [1.165, 1.54) is 212 Å². The van der Waals surface area contributed by atoms with Crippen LogP contribution in [-0.2, 0) is 28.6 Å². The van der Waals surface area contributed by atoms with Gasteiger partial charge in [0, 0.05) is 19.3 Å². The van der Waals surface area contributed by atoms with E-state index in [2.05, 4.69) is 69.4 Å². The average Bonchev–Trinajstić information content (AvgIpc) is 3.36. The molecule has 0 spiro atoms. The van der Waals surface area contributed by atoms with Crippen LogP contribution in [0.2, 0.25) is 0 Å². The Labute approximate surface area is 435 Å². The molecule has 6 nitrogen and oxygen atoms in total. The molecule has 408 valence electrons. The van der Waals surface area contributed by atoms with Crippen LogP contribution in [0.4, 0.5) is 0 Å². The maximum Gasteiger partial charge on any atom is 0.306 e. The van der Waals surface area contributed by atoms with Gasteiger partial charge in [-0.2, -0.15) is 0 Å². The Bertz CT molecular complexity index is 1220. The van der Waals surface area contributed by atoms with Gasteiger partial charge in [0.1, 0.15) is 13.2 Å². The number of carbonyl (C=O) groups is 3. The molecule has 0 aliphatic heterocycles. The van der Waals surface area contributed by atoms with Crippen LogP contribution in [0.5, 0.6) is 0 Å². The van der Waals surface area contributed by atoms with Crippen LogP contribution in [0.3, 0.4) is 0 Å². The largest absolute Gasteiger partial charge is 0.462 e. The van der Waals surface area contributed by atoms with Crippen LogP contribution in [-0.4, -0.2) is 37.2 Å². The lowest BCUT2D eigenvalue weighted by Crippen LogP contribution is -2.30. The van der Waals surface area contributed by atoms with Gasteiger partial charge in [-0.05, 0) is 103 Å². The lowest BCUT2D eigenvalue weighted by Gasteiger charge is -2.18. The molecule has 70 heavy (non-hydrogen) atoms. The molecule has 1 unspecified atom stereocenters. The van der Waals surface area contributed by atoms with E-state index in [0.29, 0.717) is 19.3 Å². The van der Waals surface area contributed by atoms with Crippen molar-refractivity contribution in [3.05, 3.63) is 48.6 Å². The number of hydrogen-bond donors (Lipinski definition) is 0. The predicted molar refractivity (Wildman–Crippen MR) is 302 cm³/mol. The minimum absolute atomic E-state index is 0.0769. The molecule has 0 aromatic heterocycles. The molecule has 0 saturated heterocycles. The Hall–Kier alpha value is -2.63. The lowest BCUT2D eigenvalue weighted by atomic mass is 10.1. The number of allylic oxidation sites excluding steroid dienone is 8. The maximum absolute atomic E-state index is 12.9. The van der Waals surface area contributed by atoms with Gasteiger partial charge in [-0.25, -0.2) is 0 Å². The summed E-state index contributed by atoms with van der Waals surface area (Å²) in [5, 5.41) is 0. The van der Waals surface area contributed by atoms with Crippen molar-refractivity contribution in [2.24, 2.45) is 0 Å². The van der Waals surface area contributed by atoms with E-state index in [1.807, 2.05) is 0 Å². The first-order chi connectivity index (χ1) is 34.5. The summed E-state index contributed by atoms with van der Waals surface area (Å²) in [6, 6.07) is 0. The fourth-order valence-corrected chi connectivity index (χ4v) is 8.88. The van der Waals surface area contributed by atoms with Crippen LogP contribution in [0, 0.1) is 0 Å². The highest BCUT2D eigenvalue weighted by Gasteiger charge is 2.19. The number of ether oxygens (including phenoxy) is 3. The van der Waals surface area contributed by atoms with Crippen molar-refractivity contribution >= 4 is 17.9 Å². The van der Waals surface area contributed by atoms with Gasteiger partial charge in [-0.3, -0.25) is 14.4 Å². The second-order valence-corrected chi connectivity index (χ2v) is 20.6. The Morgan fingerprint density at radius 2 is 0.514 bits per heavy atom. The normalized spacial score (nSPS) is 12.3. The van der Waals surface area contributed by atoms with E-state index in [9.17, 15) is 14.4 Å². The van der Waals surface area contributed by atoms with Gasteiger partial charge in [-0.15, -0.1) is 0 Å². The molecular formula is C64H116O6. The molecule has 0 saturated carbocycles. The Morgan fingerprint density at radius 1 is 0.286 bits per heavy atom. The standard InChI is InChI=1S/C64H116O6/c1-4-7-10-13-16-19-22-25-27-29-31-32-34-35-37-39-42-45-48-51-54-57-63(66)69-60-61(59-68-62(65)56-53-50-47-44-41-24-21-18-15-12-9-6-3)70-64(67)58-55-52-49-46-43-40-38-36-33-30-28-26-23-20-17-14-11-8-5-2/h18,21-22,25-26,28-29,31,61H,4-17,19-20,23-24,27,30,32-60H2,1-3H3/b21-18-,25-22-,28-26-,31-29-. The third-order valence-electron chi connectivity index (χ3n) is 13.5. The van der Waals surface area contributed by atoms with Gasteiger partial charge in [0.15, 0.2) is 6.10 Å². The van der Waals surface area contributed by atoms with Crippen molar-refractivity contribution in [2.45, 2.75) is 329 Å². The summed E-state index contributed by atoms with van der Waals surface area (Å²) >= 11 is 0. The van der Waals surface area contributed by atoms with E-state index in [0.717, 1.165) is 70.6 Å². The molecule has 6 heteroatoms. The van der Waals surface area contributed by atoms with E-state index < -0.39 is 6.10 Å². The van der Waals surface area contributed by atoms with Crippen molar-refractivity contribution in [3.8, 4) is 0 Å². The van der Waals surface area contributed by atoms with Crippen molar-refractivity contribution in [1.82, 2.24) is 0 Å². The molecule has 0 amide bonds. The number of carbonyl (C=O) groups excluding carboxylic acids is 3. The van der Waals surface area contributed by atoms with Gasteiger partial charge >= 0.3 is 17.9 Å². The minimum Gasteiger partial charge on any atom is -0.462 e. The Morgan fingerprint density at radius 3 is 0.829 bits per heavy atom. The minimum atomic E-state index is -0.779. The first-order valence-corrected chi connectivity index (χ1v) is 30.6. The molecule has 0 aliphatic rings. The van der Waals surface area contributed by atoms with Crippen molar-refractivity contribution < 1.29 is 28.6 Å². The number of esters is 3. The zero-order chi connectivity index (χ0) is 50.7. The highest BCUT2D eigenvalue weighted by Crippen LogP contribution is 2.16. The zero-order valence-corrected chi connectivity index (χ0v) is 46.8. The molecule has 0 radical (unpaired) electrons. The first-order valence-electron chi connectivity index (χ1n) is 30.6. The molecule has 0 N–H and O–H groups in total. The zero-order valence-electron chi connectivity index (χ0n) is 46.8. The van der Waals surface area contributed by atoms with Gasteiger partial charge in [0.25, 0.3) is 0 Å². The molecular weight excluding hydrogens is 865 g/mol. The second-order valence-electron chi connectivity index (χ2n) is 20.6. The summed E-state index contributed by atoms with van der Waals surface area (Å²) in [6.45, 7) is 6.63. The summed E-state index contributed by atoms with van der Waals surface area (Å²) in [6.07, 6.45) is 72.5. The van der Waals surface area contributed by atoms with Crippen molar-refractivity contribution in [3.63, 3.8) is 0 Å². The topological polar surface area (TPSA) is 78.9 Å². The highest BCUT2D eigenvalue weighted by molar-refractivity contribution is 5.71. The molecule has 0 fully saturated rings. The Kier molecular flexibility index (Phi) is 56.7. The summed E-state index contributed by atoms with van der Waals surface area (Å²) in [5.41, 5.74) is 0. The third kappa shape index (κ3) is 56.3. The summed E-state index contributed by atoms with van der Waals surface area (Å²) in [7, 11) is 0. The molecule has 0 aromatic carbocycles. The molecule has 0 heterocycles. The van der Waals surface area contributed by atoms with Gasteiger partial charge < -0.3 is 14.2 Å². The number of unbranched alkanes of at least 4 members (excludes halogenated alkanes) is 37. The predicted octanol–water partition coefficient (Wildman–Crippen LogP) is 20.6. The third-order valence-corrected chi connectivity index (χ3v) is 13.5.